The zero-order valence-corrected chi connectivity index (χ0v) is 13.3. The van der Waals surface area contributed by atoms with Crippen LogP contribution in [0.5, 0.6) is 0 Å². The molecule has 2 heterocycles. The van der Waals surface area contributed by atoms with Crippen molar-refractivity contribution >= 4 is 5.91 Å². The highest BCUT2D eigenvalue weighted by atomic mass is 16.5. The number of carbonyl (C=O) groups excluding carboxylic acids is 1. The molecule has 1 fully saturated rings. The third-order valence-electron chi connectivity index (χ3n) is 3.87. The molecule has 2 rings (SSSR count). The van der Waals surface area contributed by atoms with Gasteiger partial charge in [-0.05, 0) is 17.9 Å². The Balaban J connectivity index is 2.20. The summed E-state index contributed by atoms with van der Waals surface area (Å²) in [7, 11) is 0. The number of hydrogen-bond donors (Lipinski definition) is 1. The number of carbonyl (C=O) groups is 1. The average molecular weight is 307 g/mol. The molecular weight excluding hydrogens is 282 g/mol. The van der Waals surface area contributed by atoms with Gasteiger partial charge in [-0.15, -0.1) is 0 Å². The van der Waals surface area contributed by atoms with Crippen LogP contribution >= 0.6 is 0 Å². The minimum absolute atomic E-state index is 0.185. The normalized spacial score (nSPS) is 17.6. The van der Waals surface area contributed by atoms with E-state index in [1.165, 1.54) is 10.6 Å². The Bertz CT molecular complexity index is 562. The molecule has 1 aliphatic rings. The fourth-order valence-corrected chi connectivity index (χ4v) is 2.72. The Morgan fingerprint density at radius 1 is 1.32 bits per heavy atom. The standard InChI is InChI=1S/C16H25N3O3/c1-12(2)9-14(16(17)21)19-11-13(3-4-15(19)20)10-18-5-7-22-8-6-18/h3-4,11-12,14H,5-10H2,1-2H3,(H2,17,21). The van der Waals surface area contributed by atoms with E-state index in [1.807, 2.05) is 19.9 Å². The Labute approximate surface area is 130 Å². The van der Waals surface area contributed by atoms with Crippen LogP contribution in [-0.4, -0.2) is 41.7 Å². The summed E-state index contributed by atoms with van der Waals surface area (Å²) >= 11 is 0. The molecule has 2 N–H and O–H groups in total. The van der Waals surface area contributed by atoms with Gasteiger partial charge >= 0.3 is 0 Å². The fraction of sp³-hybridized carbons (Fsp3) is 0.625. The largest absolute Gasteiger partial charge is 0.379 e. The van der Waals surface area contributed by atoms with Gasteiger partial charge in [0.15, 0.2) is 0 Å². The van der Waals surface area contributed by atoms with E-state index >= 15 is 0 Å². The molecule has 0 spiro atoms. The average Bonchev–Trinajstić information content (AvgIpc) is 2.48. The summed E-state index contributed by atoms with van der Waals surface area (Å²) in [5, 5.41) is 0. The van der Waals surface area contributed by atoms with Crippen molar-refractivity contribution in [2.24, 2.45) is 11.7 Å². The third-order valence-corrected chi connectivity index (χ3v) is 3.87. The molecule has 0 aliphatic carbocycles. The first kappa shape index (κ1) is 16.7. The Morgan fingerprint density at radius 3 is 2.59 bits per heavy atom. The SMILES string of the molecule is CC(C)CC(C(N)=O)n1cc(CN2CCOCC2)ccc1=O. The van der Waals surface area contributed by atoms with Crippen LogP contribution < -0.4 is 11.3 Å². The Hall–Kier alpha value is -1.66. The van der Waals surface area contributed by atoms with Gasteiger partial charge in [0.25, 0.3) is 5.56 Å². The molecule has 6 heteroatoms. The lowest BCUT2D eigenvalue weighted by atomic mass is 10.0. The van der Waals surface area contributed by atoms with Crippen LogP contribution in [0.3, 0.4) is 0 Å². The van der Waals surface area contributed by atoms with E-state index in [4.69, 9.17) is 10.5 Å². The van der Waals surface area contributed by atoms with E-state index in [9.17, 15) is 9.59 Å². The second-order valence-corrected chi connectivity index (χ2v) is 6.22. The lowest BCUT2D eigenvalue weighted by Crippen LogP contribution is -2.37. The van der Waals surface area contributed by atoms with E-state index < -0.39 is 11.9 Å². The molecule has 1 unspecified atom stereocenters. The summed E-state index contributed by atoms with van der Waals surface area (Å²) < 4.78 is 6.82. The molecule has 6 nitrogen and oxygen atoms in total. The maximum atomic E-state index is 12.1. The maximum absolute atomic E-state index is 12.1. The summed E-state index contributed by atoms with van der Waals surface area (Å²) in [4.78, 5) is 26.1. The minimum Gasteiger partial charge on any atom is -0.379 e. The molecule has 0 aromatic carbocycles. The van der Waals surface area contributed by atoms with Gasteiger partial charge < -0.3 is 15.0 Å². The third kappa shape index (κ3) is 4.42. The van der Waals surface area contributed by atoms with Gasteiger partial charge in [-0.1, -0.05) is 19.9 Å². The molecule has 0 radical (unpaired) electrons. The molecule has 1 aromatic rings. The van der Waals surface area contributed by atoms with Gasteiger partial charge in [0.2, 0.25) is 5.91 Å². The zero-order chi connectivity index (χ0) is 16.1. The van der Waals surface area contributed by atoms with Gasteiger partial charge in [0.05, 0.1) is 13.2 Å². The number of nitrogens with zero attached hydrogens (tertiary/aromatic N) is 2. The summed E-state index contributed by atoms with van der Waals surface area (Å²) in [5.74, 6) is -0.174. The summed E-state index contributed by atoms with van der Waals surface area (Å²) in [5.41, 5.74) is 6.32. The number of amides is 1. The molecule has 22 heavy (non-hydrogen) atoms. The number of ether oxygens (including phenoxy) is 1. The Kier molecular flexibility index (Phi) is 5.74. The van der Waals surface area contributed by atoms with E-state index in [1.54, 1.807) is 6.20 Å². The molecule has 1 saturated heterocycles. The van der Waals surface area contributed by atoms with Crippen molar-refractivity contribution in [1.82, 2.24) is 9.47 Å². The predicted molar refractivity (Wildman–Crippen MR) is 84.5 cm³/mol. The first-order valence-electron chi connectivity index (χ1n) is 7.78. The van der Waals surface area contributed by atoms with Crippen molar-refractivity contribution in [3.8, 4) is 0 Å². The number of rotatable bonds is 6. The van der Waals surface area contributed by atoms with E-state index in [0.717, 1.165) is 38.4 Å². The van der Waals surface area contributed by atoms with Crippen LogP contribution in [0.25, 0.3) is 0 Å². The van der Waals surface area contributed by atoms with Crippen molar-refractivity contribution < 1.29 is 9.53 Å². The first-order valence-corrected chi connectivity index (χ1v) is 7.78. The molecule has 1 aliphatic heterocycles. The number of primary amides is 1. The minimum atomic E-state index is -0.586. The summed E-state index contributed by atoms with van der Waals surface area (Å²) in [6, 6.07) is 2.76. The first-order chi connectivity index (χ1) is 10.5. The molecule has 1 aromatic heterocycles. The van der Waals surface area contributed by atoms with E-state index in [2.05, 4.69) is 4.90 Å². The monoisotopic (exact) mass is 307 g/mol. The number of aromatic nitrogens is 1. The van der Waals surface area contributed by atoms with Crippen LogP contribution in [0.15, 0.2) is 23.1 Å². The second-order valence-electron chi connectivity index (χ2n) is 6.22. The van der Waals surface area contributed by atoms with Crippen LogP contribution in [0.1, 0.15) is 31.9 Å². The van der Waals surface area contributed by atoms with Crippen LogP contribution in [0, 0.1) is 5.92 Å². The maximum Gasteiger partial charge on any atom is 0.251 e. The van der Waals surface area contributed by atoms with Crippen molar-refractivity contribution in [2.45, 2.75) is 32.9 Å². The van der Waals surface area contributed by atoms with E-state index in [0.29, 0.717) is 6.42 Å². The van der Waals surface area contributed by atoms with Crippen molar-refractivity contribution in [2.75, 3.05) is 26.3 Å². The lowest BCUT2D eigenvalue weighted by molar-refractivity contribution is -0.121. The van der Waals surface area contributed by atoms with Gasteiger partial charge in [0, 0.05) is 31.9 Å². The summed E-state index contributed by atoms with van der Waals surface area (Å²) in [6.45, 7) is 8.00. The second kappa shape index (κ2) is 7.56. The highest BCUT2D eigenvalue weighted by Crippen LogP contribution is 2.16. The van der Waals surface area contributed by atoms with Crippen molar-refractivity contribution in [3.05, 3.63) is 34.2 Å². The highest BCUT2D eigenvalue weighted by molar-refractivity contribution is 5.78. The molecule has 0 saturated carbocycles. The molecule has 122 valence electrons. The Morgan fingerprint density at radius 2 is 2.00 bits per heavy atom. The molecular formula is C16H25N3O3. The van der Waals surface area contributed by atoms with Gasteiger partial charge in [0.1, 0.15) is 6.04 Å². The van der Waals surface area contributed by atoms with Crippen LogP contribution in [-0.2, 0) is 16.1 Å². The van der Waals surface area contributed by atoms with E-state index in [-0.39, 0.29) is 11.5 Å². The van der Waals surface area contributed by atoms with Gasteiger partial charge in [-0.3, -0.25) is 14.5 Å². The summed E-state index contributed by atoms with van der Waals surface area (Å²) in [6.07, 6.45) is 2.34. The van der Waals surface area contributed by atoms with Gasteiger partial charge in [-0.2, -0.15) is 0 Å². The van der Waals surface area contributed by atoms with Crippen molar-refractivity contribution in [3.63, 3.8) is 0 Å². The topological polar surface area (TPSA) is 77.6 Å². The highest BCUT2D eigenvalue weighted by Gasteiger charge is 2.20. The van der Waals surface area contributed by atoms with Gasteiger partial charge in [-0.25, -0.2) is 0 Å². The number of hydrogen-bond acceptors (Lipinski definition) is 4. The number of nitrogens with two attached hydrogens (primary N) is 1. The predicted octanol–water partition coefficient (Wildman–Crippen LogP) is 0.753. The number of morpholine rings is 1. The quantitative estimate of drug-likeness (QED) is 0.841. The molecule has 1 amide bonds. The fourth-order valence-electron chi connectivity index (χ4n) is 2.72. The molecule has 0 bridgehead atoms. The zero-order valence-electron chi connectivity index (χ0n) is 13.3. The van der Waals surface area contributed by atoms with Crippen LogP contribution in [0.2, 0.25) is 0 Å². The molecule has 1 atom stereocenters. The lowest BCUT2D eigenvalue weighted by Gasteiger charge is -2.27. The number of pyridine rings is 1. The van der Waals surface area contributed by atoms with Crippen LogP contribution in [0.4, 0.5) is 0 Å². The smallest absolute Gasteiger partial charge is 0.251 e. The van der Waals surface area contributed by atoms with Crippen molar-refractivity contribution in [1.29, 1.82) is 0 Å².